The first-order valence-electron chi connectivity index (χ1n) is 6.65. The fraction of sp³-hybridized carbons (Fsp3) is 0.333. The third-order valence-corrected chi connectivity index (χ3v) is 3.47. The summed E-state index contributed by atoms with van der Waals surface area (Å²) in [5.74, 6) is -0.956. The molecule has 0 spiro atoms. The number of halogens is 3. The predicted octanol–water partition coefficient (Wildman–Crippen LogP) is 3.53. The lowest BCUT2D eigenvalue weighted by Crippen LogP contribution is -2.12. The van der Waals surface area contributed by atoms with Crippen molar-refractivity contribution in [1.82, 2.24) is 9.78 Å². The zero-order valence-corrected chi connectivity index (χ0v) is 12.1. The number of aromatic nitrogens is 2. The maximum Gasteiger partial charge on any atom is 0.418 e. The number of aliphatic carboxylic acids is 1. The number of carboxylic acid groups (broad SMARTS) is 1. The molecule has 0 aliphatic heterocycles. The molecule has 118 valence electrons. The second-order valence-corrected chi connectivity index (χ2v) is 4.97. The van der Waals surface area contributed by atoms with Crippen molar-refractivity contribution in [3.63, 3.8) is 0 Å². The highest BCUT2D eigenvalue weighted by atomic mass is 19.4. The number of nitrogens with zero attached hydrogens (tertiary/aromatic N) is 2. The Bertz CT molecular complexity index is 705. The van der Waals surface area contributed by atoms with Crippen LogP contribution in [0.25, 0.3) is 5.69 Å². The van der Waals surface area contributed by atoms with E-state index in [-0.39, 0.29) is 18.5 Å². The maximum atomic E-state index is 13.1. The molecule has 7 heteroatoms. The van der Waals surface area contributed by atoms with Gasteiger partial charge in [0.1, 0.15) is 0 Å². The minimum absolute atomic E-state index is 0.0582. The number of alkyl halides is 3. The van der Waals surface area contributed by atoms with Gasteiger partial charge in [-0.3, -0.25) is 4.79 Å². The van der Waals surface area contributed by atoms with Gasteiger partial charge in [-0.1, -0.05) is 12.1 Å². The summed E-state index contributed by atoms with van der Waals surface area (Å²) in [7, 11) is 0. The van der Waals surface area contributed by atoms with Crippen LogP contribution in [-0.2, 0) is 17.4 Å². The van der Waals surface area contributed by atoms with Crippen LogP contribution in [0.4, 0.5) is 13.2 Å². The van der Waals surface area contributed by atoms with Gasteiger partial charge in [0, 0.05) is 12.1 Å². The quantitative estimate of drug-likeness (QED) is 0.939. The minimum Gasteiger partial charge on any atom is -0.481 e. The highest BCUT2D eigenvalue weighted by Gasteiger charge is 2.34. The third-order valence-electron chi connectivity index (χ3n) is 3.47. The van der Waals surface area contributed by atoms with Gasteiger partial charge in [-0.15, -0.1) is 0 Å². The summed E-state index contributed by atoms with van der Waals surface area (Å²) in [4.78, 5) is 10.7. The molecule has 0 saturated heterocycles. The van der Waals surface area contributed by atoms with Gasteiger partial charge in [0.25, 0.3) is 0 Å². The molecule has 0 aliphatic carbocycles. The highest BCUT2D eigenvalue weighted by Crippen LogP contribution is 2.34. The van der Waals surface area contributed by atoms with Crippen LogP contribution in [0.3, 0.4) is 0 Å². The van der Waals surface area contributed by atoms with Crippen LogP contribution in [0.15, 0.2) is 24.3 Å². The third kappa shape index (κ3) is 3.13. The molecule has 0 unspecified atom stereocenters. The van der Waals surface area contributed by atoms with Gasteiger partial charge in [-0.2, -0.15) is 18.3 Å². The molecular formula is C15H15F3N2O2. The van der Waals surface area contributed by atoms with Crippen LogP contribution in [-0.4, -0.2) is 20.9 Å². The van der Waals surface area contributed by atoms with E-state index in [9.17, 15) is 18.0 Å². The largest absolute Gasteiger partial charge is 0.481 e. The van der Waals surface area contributed by atoms with Crippen LogP contribution in [0.2, 0.25) is 0 Å². The van der Waals surface area contributed by atoms with Crippen LogP contribution in [0.1, 0.15) is 28.9 Å². The zero-order valence-electron chi connectivity index (χ0n) is 12.1. The maximum absolute atomic E-state index is 13.1. The average molecular weight is 312 g/mol. The molecule has 22 heavy (non-hydrogen) atoms. The molecule has 0 fully saturated rings. The van der Waals surface area contributed by atoms with Crippen molar-refractivity contribution >= 4 is 5.97 Å². The van der Waals surface area contributed by atoms with Gasteiger partial charge in [0.2, 0.25) is 0 Å². The van der Waals surface area contributed by atoms with E-state index in [1.165, 1.54) is 22.9 Å². The fourth-order valence-electron chi connectivity index (χ4n) is 2.40. The van der Waals surface area contributed by atoms with Gasteiger partial charge < -0.3 is 5.11 Å². The van der Waals surface area contributed by atoms with Gasteiger partial charge in [0.05, 0.1) is 16.9 Å². The minimum atomic E-state index is -4.48. The Morgan fingerprint density at radius 2 is 1.91 bits per heavy atom. The van der Waals surface area contributed by atoms with Crippen LogP contribution in [0, 0.1) is 13.8 Å². The number of para-hydroxylation sites is 1. The standard InChI is InChI=1S/C15H15F3N2O2/c1-9-11(7-8-14(21)22)10(2)20(19-9)13-6-4-3-5-12(13)15(16,17)18/h3-6H,7-8H2,1-2H3,(H,21,22). The molecule has 4 nitrogen and oxygen atoms in total. The summed E-state index contributed by atoms with van der Waals surface area (Å²) >= 11 is 0. The molecule has 0 amide bonds. The van der Waals surface area contributed by atoms with E-state index in [1.54, 1.807) is 13.8 Å². The van der Waals surface area contributed by atoms with Crippen LogP contribution < -0.4 is 0 Å². The Kier molecular flexibility index (Phi) is 4.25. The Morgan fingerprint density at radius 1 is 1.27 bits per heavy atom. The van der Waals surface area contributed by atoms with Crippen molar-refractivity contribution in [1.29, 1.82) is 0 Å². The summed E-state index contributed by atoms with van der Waals surface area (Å²) in [5, 5.41) is 12.9. The lowest BCUT2D eigenvalue weighted by atomic mass is 10.1. The first-order chi connectivity index (χ1) is 10.2. The summed E-state index contributed by atoms with van der Waals surface area (Å²) in [5.41, 5.74) is 0.896. The van der Waals surface area contributed by atoms with Crippen molar-refractivity contribution in [2.45, 2.75) is 32.9 Å². The molecule has 1 aromatic heterocycles. The van der Waals surface area contributed by atoms with E-state index < -0.39 is 17.7 Å². The summed E-state index contributed by atoms with van der Waals surface area (Å²) in [6.45, 7) is 3.31. The Balaban J connectivity index is 2.51. The summed E-state index contributed by atoms with van der Waals surface area (Å²) in [6, 6.07) is 5.19. The summed E-state index contributed by atoms with van der Waals surface area (Å²) in [6.07, 6.45) is -4.33. The lowest BCUT2D eigenvalue weighted by Gasteiger charge is -2.13. The van der Waals surface area contributed by atoms with Crippen LogP contribution in [0.5, 0.6) is 0 Å². The van der Waals surface area contributed by atoms with E-state index in [2.05, 4.69) is 5.10 Å². The molecule has 0 atom stereocenters. The SMILES string of the molecule is Cc1nn(-c2ccccc2C(F)(F)F)c(C)c1CCC(=O)O. The molecule has 0 radical (unpaired) electrons. The Hall–Kier alpha value is -2.31. The van der Waals surface area contributed by atoms with E-state index in [1.807, 2.05) is 0 Å². The van der Waals surface area contributed by atoms with Crippen molar-refractivity contribution in [3.8, 4) is 5.69 Å². The number of carboxylic acids is 1. The molecule has 0 saturated carbocycles. The average Bonchev–Trinajstić information content (AvgIpc) is 2.70. The second-order valence-electron chi connectivity index (χ2n) is 4.97. The van der Waals surface area contributed by atoms with E-state index >= 15 is 0 Å². The van der Waals surface area contributed by atoms with Crippen molar-refractivity contribution in [2.24, 2.45) is 0 Å². The number of benzene rings is 1. The van der Waals surface area contributed by atoms with Gasteiger partial charge >= 0.3 is 12.1 Å². The molecule has 2 aromatic rings. The highest BCUT2D eigenvalue weighted by molar-refractivity contribution is 5.67. The van der Waals surface area contributed by atoms with Crippen molar-refractivity contribution < 1.29 is 23.1 Å². The Labute approximate surface area is 125 Å². The predicted molar refractivity (Wildman–Crippen MR) is 74.0 cm³/mol. The normalized spacial score (nSPS) is 11.7. The number of hydrogen-bond acceptors (Lipinski definition) is 2. The Morgan fingerprint density at radius 3 is 2.50 bits per heavy atom. The first-order valence-corrected chi connectivity index (χ1v) is 6.65. The first kappa shape index (κ1) is 16.1. The fourth-order valence-corrected chi connectivity index (χ4v) is 2.40. The molecule has 1 aromatic carbocycles. The molecule has 2 rings (SSSR count). The zero-order chi connectivity index (χ0) is 16.5. The topological polar surface area (TPSA) is 55.1 Å². The van der Waals surface area contributed by atoms with E-state index in [4.69, 9.17) is 5.11 Å². The van der Waals surface area contributed by atoms with Crippen LogP contribution >= 0.6 is 0 Å². The van der Waals surface area contributed by atoms with E-state index in [0.29, 0.717) is 17.0 Å². The van der Waals surface area contributed by atoms with Gasteiger partial charge in [-0.25, -0.2) is 4.68 Å². The van der Waals surface area contributed by atoms with E-state index in [0.717, 1.165) is 6.07 Å². The van der Waals surface area contributed by atoms with Crippen molar-refractivity contribution in [3.05, 3.63) is 46.8 Å². The molecule has 1 heterocycles. The molecule has 0 bridgehead atoms. The van der Waals surface area contributed by atoms with Gasteiger partial charge in [0.15, 0.2) is 0 Å². The second kappa shape index (κ2) is 5.82. The monoisotopic (exact) mass is 312 g/mol. The number of carbonyl (C=O) groups is 1. The number of hydrogen-bond donors (Lipinski definition) is 1. The van der Waals surface area contributed by atoms with Gasteiger partial charge in [-0.05, 0) is 38.0 Å². The lowest BCUT2D eigenvalue weighted by molar-refractivity contribution is -0.138. The number of rotatable bonds is 4. The number of aryl methyl sites for hydroxylation is 1. The molecule has 0 aliphatic rings. The summed E-state index contributed by atoms with van der Waals surface area (Å²) < 4.78 is 40.6. The van der Waals surface area contributed by atoms with Crippen molar-refractivity contribution in [2.75, 3.05) is 0 Å². The molecule has 1 N–H and O–H groups in total. The molecular weight excluding hydrogens is 297 g/mol. The smallest absolute Gasteiger partial charge is 0.418 e.